The van der Waals surface area contributed by atoms with Gasteiger partial charge in [0.25, 0.3) is 5.69 Å². The lowest BCUT2D eigenvalue weighted by molar-refractivity contribution is -0.387. The molecular formula is C12H9N5O4S. The lowest BCUT2D eigenvalue weighted by Gasteiger charge is -2.05. The summed E-state index contributed by atoms with van der Waals surface area (Å²) < 4.78 is 6.24. The van der Waals surface area contributed by atoms with Crippen molar-refractivity contribution in [2.24, 2.45) is 7.05 Å². The number of benzene rings is 1. The maximum Gasteiger partial charge on any atom is 0.339 e. The molecule has 0 saturated heterocycles. The van der Waals surface area contributed by atoms with Gasteiger partial charge in [-0.25, -0.2) is 4.79 Å². The van der Waals surface area contributed by atoms with E-state index in [0.717, 1.165) is 17.8 Å². The summed E-state index contributed by atoms with van der Waals surface area (Å²) in [5.41, 5.74) is -0.247. The number of hydrogen-bond donors (Lipinski definition) is 0. The van der Waals surface area contributed by atoms with Gasteiger partial charge in [0.2, 0.25) is 0 Å². The van der Waals surface area contributed by atoms with Crippen LogP contribution in [-0.2, 0) is 11.8 Å². The molecular weight excluding hydrogens is 310 g/mol. The molecule has 2 rings (SSSR count). The second-order valence-electron chi connectivity index (χ2n) is 4.00. The average molecular weight is 319 g/mol. The number of aromatic nitrogens is 3. The summed E-state index contributed by atoms with van der Waals surface area (Å²) in [6, 6.07) is 5.59. The van der Waals surface area contributed by atoms with Gasteiger partial charge >= 0.3 is 5.97 Å². The molecule has 9 nitrogen and oxygen atoms in total. The summed E-state index contributed by atoms with van der Waals surface area (Å²) in [4.78, 5) is 22.5. The topological polar surface area (TPSA) is 124 Å². The minimum absolute atomic E-state index is 0.00395. The first kappa shape index (κ1) is 15.5. The van der Waals surface area contributed by atoms with Crippen molar-refractivity contribution < 1.29 is 14.5 Å². The molecule has 0 fully saturated rings. The number of nitrogens with zero attached hydrogens (tertiary/aromatic N) is 5. The molecule has 0 unspecified atom stereocenters. The van der Waals surface area contributed by atoms with Crippen molar-refractivity contribution >= 4 is 23.4 Å². The van der Waals surface area contributed by atoms with E-state index in [1.54, 1.807) is 17.7 Å². The highest BCUT2D eigenvalue weighted by Gasteiger charge is 2.20. The Labute approximate surface area is 128 Å². The van der Waals surface area contributed by atoms with Crippen LogP contribution < -0.4 is 0 Å². The van der Waals surface area contributed by atoms with Gasteiger partial charge in [-0.15, -0.1) is 10.2 Å². The fourth-order valence-electron chi connectivity index (χ4n) is 1.52. The zero-order valence-corrected chi connectivity index (χ0v) is 12.1. The molecule has 0 spiro atoms. The number of aryl methyl sites for hydroxylation is 1. The van der Waals surface area contributed by atoms with E-state index in [0.29, 0.717) is 10.1 Å². The van der Waals surface area contributed by atoms with E-state index in [9.17, 15) is 14.9 Å². The van der Waals surface area contributed by atoms with Gasteiger partial charge in [0, 0.05) is 13.1 Å². The minimum Gasteiger partial charge on any atom is -0.447 e. The zero-order valence-electron chi connectivity index (χ0n) is 11.3. The number of rotatable bonds is 5. The highest BCUT2D eigenvalue weighted by Crippen LogP contribution is 2.34. The molecule has 0 saturated carbocycles. The molecule has 0 bridgehead atoms. The van der Waals surface area contributed by atoms with E-state index in [2.05, 4.69) is 14.9 Å². The number of ether oxygens (including phenoxy) is 1. The van der Waals surface area contributed by atoms with Gasteiger partial charge in [-0.1, -0.05) is 0 Å². The molecule has 0 N–H and O–H groups in total. The molecule has 0 amide bonds. The number of nitriles is 1. The van der Waals surface area contributed by atoms with Crippen LogP contribution in [0.25, 0.3) is 0 Å². The summed E-state index contributed by atoms with van der Waals surface area (Å²) in [7, 11) is 1.71. The molecule has 2 aromatic rings. The van der Waals surface area contributed by atoms with Gasteiger partial charge in [0.05, 0.1) is 15.4 Å². The Morgan fingerprint density at radius 3 is 2.95 bits per heavy atom. The quantitative estimate of drug-likeness (QED) is 0.462. The molecule has 0 atom stereocenters. The van der Waals surface area contributed by atoms with Crippen molar-refractivity contribution in [2.75, 3.05) is 6.61 Å². The highest BCUT2D eigenvalue weighted by molar-refractivity contribution is 7.99. The Morgan fingerprint density at radius 1 is 1.59 bits per heavy atom. The first-order valence-electron chi connectivity index (χ1n) is 5.87. The Hall–Kier alpha value is -2.93. The van der Waals surface area contributed by atoms with Gasteiger partial charge in [0.15, 0.2) is 11.8 Å². The van der Waals surface area contributed by atoms with E-state index < -0.39 is 17.5 Å². The molecule has 22 heavy (non-hydrogen) atoms. The van der Waals surface area contributed by atoms with Gasteiger partial charge in [-0.2, -0.15) is 5.26 Å². The maximum absolute atomic E-state index is 11.6. The van der Waals surface area contributed by atoms with Crippen LogP contribution in [0.3, 0.4) is 0 Å². The number of carbonyl (C=O) groups is 1. The number of carbonyl (C=O) groups excluding carboxylic acids is 1. The normalized spacial score (nSPS) is 10.0. The lowest BCUT2D eigenvalue weighted by Crippen LogP contribution is -2.06. The summed E-state index contributed by atoms with van der Waals surface area (Å²) in [5.74, 6) is -0.792. The number of hydrogen-bond acceptors (Lipinski definition) is 8. The van der Waals surface area contributed by atoms with Crippen molar-refractivity contribution in [3.63, 3.8) is 0 Å². The van der Waals surface area contributed by atoms with Crippen molar-refractivity contribution in [1.82, 2.24) is 14.8 Å². The van der Waals surface area contributed by atoms with Gasteiger partial charge in [0.1, 0.15) is 12.4 Å². The van der Waals surface area contributed by atoms with E-state index in [-0.39, 0.29) is 11.3 Å². The van der Waals surface area contributed by atoms with Crippen LogP contribution >= 0.6 is 11.8 Å². The zero-order chi connectivity index (χ0) is 16.1. The molecule has 0 radical (unpaired) electrons. The maximum atomic E-state index is 11.6. The van der Waals surface area contributed by atoms with Gasteiger partial charge < -0.3 is 9.30 Å². The van der Waals surface area contributed by atoms with Crippen LogP contribution in [0, 0.1) is 21.4 Å². The minimum atomic E-state index is -0.792. The Balaban J connectivity index is 2.32. The van der Waals surface area contributed by atoms with E-state index >= 15 is 0 Å². The van der Waals surface area contributed by atoms with Crippen LogP contribution in [-0.4, -0.2) is 32.3 Å². The SMILES string of the molecule is Cn1cnnc1Sc1ccc(C(=O)OCC#N)cc1[N+](=O)[O-]. The fraction of sp³-hybridized carbons (Fsp3) is 0.167. The second kappa shape index (κ2) is 6.68. The predicted molar refractivity (Wildman–Crippen MR) is 74.1 cm³/mol. The second-order valence-corrected chi connectivity index (χ2v) is 5.01. The molecule has 0 aliphatic heterocycles. The molecule has 112 valence electrons. The standard InChI is InChI=1S/C12H9N5O4S/c1-16-7-14-15-12(16)22-10-3-2-8(6-9(10)17(19)20)11(18)21-5-4-13/h2-3,6-7H,5H2,1H3. The lowest BCUT2D eigenvalue weighted by atomic mass is 10.2. The van der Waals surface area contributed by atoms with E-state index in [4.69, 9.17) is 5.26 Å². The van der Waals surface area contributed by atoms with Crippen LogP contribution in [0.4, 0.5) is 5.69 Å². The Morgan fingerprint density at radius 2 is 2.36 bits per heavy atom. The van der Waals surface area contributed by atoms with Crippen molar-refractivity contribution in [3.05, 3.63) is 40.2 Å². The smallest absolute Gasteiger partial charge is 0.339 e. The Kier molecular flexibility index (Phi) is 4.70. The first-order chi connectivity index (χ1) is 10.5. The third-order valence-corrected chi connectivity index (χ3v) is 3.65. The third-order valence-electron chi connectivity index (χ3n) is 2.53. The molecule has 1 aromatic carbocycles. The summed E-state index contributed by atoms with van der Waals surface area (Å²) in [6.07, 6.45) is 1.47. The van der Waals surface area contributed by atoms with Gasteiger partial charge in [-0.05, 0) is 23.9 Å². The predicted octanol–water partition coefficient (Wildman–Crippen LogP) is 1.55. The number of nitro groups is 1. The number of nitro benzene ring substituents is 1. The number of esters is 1. The molecule has 1 heterocycles. The van der Waals surface area contributed by atoms with E-state index in [1.165, 1.54) is 18.5 Å². The monoisotopic (exact) mass is 319 g/mol. The largest absolute Gasteiger partial charge is 0.447 e. The summed E-state index contributed by atoms with van der Waals surface area (Å²) >= 11 is 1.06. The first-order valence-corrected chi connectivity index (χ1v) is 6.69. The third kappa shape index (κ3) is 3.39. The van der Waals surface area contributed by atoms with Gasteiger partial charge in [-0.3, -0.25) is 10.1 Å². The molecule has 0 aliphatic carbocycles. The van der Waals surface area contributed by atoms with Crippen LogP contribution in [0.15, 0.2) is 34.6 Å². The molecule has 10 heteroatoms. The highest BCUT2D eigenvalue weighted by atomic mass is 32.2. The van der Waals surface area contributed by atoms with Crippen molar-refractivity contribution in [2.45, 2.75) is 10.1 Å². The molecule has 0 aliphatic rings. The van der Waals surface area contributed by atoms with Crippen LogP contribution in [0.1, 0.15) is 10.4 Å². The van der Waals surface area contributed by atoms with Crippen LogP contribution in [0.5, 0.6) is 0 Å². The average Bonchev–Trinajstić information content (AvgIpc) is 2.90. The van der Waals surface area contributed by atoms with E-state index in [1.807, 2.05) is 0 Å². The van der Waals surface area contributed by atoms with Crippen LogP contribution in [0.2, 0.25) is 0 Å². The van der Waals surface area contributed by atoms with Crippen molar-refractivity contribution in [3.8, 4) is 6.07 Å². The Bertz CT molecular complexity index is 767. The van der Waals surface area contributed by atoms with Crippen molar-refractivity contribution in [1.29, 1.82) is 5.26 Å². The summed E-state index contributed by atoms with van der Waals surface area (Å²) in [5, 5.41) is 27.5. The fourth-order valence-corrected chi connectivity index (χ4v) is 2.37. The summed E-state index contributed by atoms with van der Waals surface area (Å²) in [6.45, 7) is -0.415. The molecule has 1 aromatic heterocycles.